The van der Waals surface area contributed by atoms with Gasteiger partial charge >= 0.3 is 0 Å². The number of hydrogen-bond donors (Lipinski definition) is 0. The lowest BCUT2D eigenvalue weighted by atomic mass is 10.2. The number of benzene rings is 1. The maximum Gasteiger partial charge on any atom is 0.248 e. The minimum absolute atomic E-state index is 0.0755. The lowest BCUT2D eigenvalue weighted by Crippen LogP contribution is -2.38. The second-order valence-corrected chi connectivity index (χ2v) is 9.47. The molecular formula is C17H22N2O4S2. The fourth-order valence-electron chi connectivity index (χ4n) is 3.16. The van der Waals surface area contributed by atoms with Crippen molar-refractivity contribution in [2.75, 3.05) is 23.0 Å². The second kappa shape index (κ2) is 7.37. The van der Waals surface area contributed by atoms with Gasteiger partial charge in [-0.25, -0.2) is 8.42 Å². The summed E-state index contributed by atoms with van der Waals surface area (Å²) in [5.41, 5.74) is 0.768. The summed E-state index contributed by atoms with van der Waals surface area (Å²) >= 11 is 1.39. The van der Waals surface area contributed by atoms with Gasteiger partial charge in [0.1, 0.15) is 5.75 Å². The van der Waals surface area contributed by atoms with Crippen LogP contribution in [0.4, 0.5) is 5.69 Å². The molecule has 2 atom stereocenters. The highest BCUT2D eigenvalue weighted by Gasteiger charge is 2.49. The molecule has 6 nitrogen and oxygen atoms in total. The number of carbonyl (C=O) groups excluding carboxylic acids is 1. The third kappa shape index (κ3) is 3.84. The zero-order chi connectivity index (χ0) is 18.0. The van der Waals surface area contributed by atoms with Gasteiger partial charge in [0, 0.05) is 11.7 Å². The first-order valence-electron chi connectivity index (χ1n) is 8.45. The third-order valence-corrected chi connectivity index (χ3v) is 7.39. The van der Waals surface area contributed by atoms with E-state index in [1.54, 1.807) is 0 Å². The van der Waals surface area contributed by atoms with Crippen molar-refractivity contribution in [3.8, 4) is 5.75 Å². The van der Waals surface area contributed by atoms with Gasteiger partial charge < -0.3 is 9.64 Å². The molecule has 8 heteroatoms. The predicted molar refractivity (Wildman–Crippen MR) is 101 cm³/mol. The van der Waals surface area contributed by atoms with Gasteiger partial charge in [0.25, 0.3) is 0 Å². The molecule has 1 aromatic carbocycles. The number of rotatable bonds is 5. The zero-order valence-corrected chi connectivity index (χ0v) is 16.0. The minimum atomic E-state index is -3.08. The first-order valence-corrected chi connectivity index (χ1v) is 11.1. The smallest absolute Gasteiger partial charge is 0.248 e. The molecule has 2 aliphatic heterocycles. The second-order valence-electron chi connectivity index (χ2n) is 6.11. The van der Waals surface area contributed by atoms with Gasteiger partial charge in [0.05, 0.1) is 29.8 Å². The van der Waals surface area contributed by atoms with Crippen LogP contribution >= 0.6 is 11.8 Å². The summed E-state index contributed by atoms with van der Waals surface area (Å²) in [6.07, 6.45) is 1.12. The number of sulfone groups is 1. The molecule has 0 spiro atoms. The van der Waals surface area contributed by atoms with E-state index in [2.05, 4.69) is 4.99 Å². The summed E-state index contributed by atoms with van der Waals surface area (Å²) in [6, 6.07) is 7.28. The number of amidine groups is 1. The molecule has 0 bridgehead atoms. The Hall–Kier alpha value is -1.54. The summed E-state index contributed by atoms with van der Waals surface area (Å²) in [7, 11) is -3.08. The van der Waals surface area contributed by atoms with Crippen LogP contribution in [-0.4, -0.2) is 48.9 Å². The highest BCUT2D eigenvalue weighted by Crippen LogP contribution is 2.43. The number of para-hydroxylation sites is 2. The van der Waals surface area contributed by atoms with E-state index in [1.165, 1.54) is 11.8 Å². The number of aliphatic imine (C=N–C) groups is 1. The number of amides is 1. The molecule has 1 aromatic rings. The molecule has 3 rings (SSSR count). The average molecular weight is 383 g/mol. The number of fused-ring (bicyclic) bond motifs is 1. The average Bonchev–Trinajstić information content (AvgIpc) is 2.99. The maximum atomic E-state index is 12.1. The highest BCUT2D eigenvalue weighted by molar-refractivity contribution is 8.16. The van der Waals surface area contributed by atoms with Gasteiger partial charge in [0.15, 0.2) is 15.0 Å². The first kappa shape index (κ1) is 18.3. The standard InChI is InChI=1S/C17H22N2O4S2/c1-3-7-16(20)18-17-19(12-8-5-6-9-14(12)23-4-2)13-10-25(21,22)11-15(13)24-17/h5-6,8-9,13,15H,3-4,7,10-11H2,1-2H3/t13-,15+/m1/s1. The first-order chi connectivity index (χ1) is 11.9. The van der Waals surface area contributed by atoms with Crippen molar-refractivity contribution in [2.24, 2.45) is 4.99 Å². The van der Waals surface area contributed by atoms with Crippen molar-refractivity contribution in [2.45, 2.75) is 38.0 Å². The topological polar surface area (TPSA) is 76.0 Å². The normalized spacial score (nSPS) is 26.0. The van der Waals surface area contributed by atoms with Crippen LogP contribution in [-0.2, 0) is 14.6 Å². The van der Waals surface area contributed by atoms with E-state index in [4.69, 9.17) is 4.74 Å². The summed E-state index contributed by atoms with van der Waals surface area (Å²) in [6.45, 7) is 4.34. The van der Waals surface area contributed by atoms with Crippen molar-refractivity contribution in [3.05, 3.63) is 24.3 Å². The summed E-state index contributed by atoms with van der Waals surface area (Å²) < 4.78 is 29.9. The quantitative estimate of drug-likeness (QED) is 0.779. The Kier molecular flexibility index (Phi) is 5.38. The Balaban J connectivity index is 2.02. The van der Waals surface area contributed by atoms with Gasteiger partial charge in [-0.2, -0.15) is 4.99 Å². The van der Waals surface area contributed by atoms with E-state index >= 15 is 0 Å². The molecule has 0 radical (unpaired) electrons. The number of nitrogens with zero attached hydrogens (tertiary/aromatic N) is 2. The van der Waals surface area contributed by atoms with E-state index in [1.807, 2.05) is 43.0 Å². The van der Waals surface area contributed by atoms with Crippen LogP contribution in [0.25, 0.3) is 0 Å². The molecule has 0 saturated carbocycles. The summed E-state index contributed by atoms with van der Waals surface area (Å²) in [5.74, 6) is 0.695. The lowest BCUT2D eigenvalue weighted by molar-refractivity contribution is -0.117. The molecule has 0 aliphatic carbocycles. The highest BCUT2D eigenvalue weighted by atomic mass is 32.2. The predicted octanol–water partition coefficient (Wildman–Crippen LogP) is 2.49. The van der Waals surface area contributed by atoms with Gasteiger partial charge in [-0.15, -0.1) is 0 Å². The molecule has 1 amide bonds. The van der Waals surface area contributed by atoms with E-state index in [0.717, 1.165) is 12.1 Å². The van der Waals surface area contributed by atoms with Crippen LogP contribution in [0, 0.1) is 0 Å². The molecule has 2 fully saturated rings. The van der Waals surface area contributed by atoms with Crippen molar-refractivity contribution in [3.63, 3.8) is 0 Å². The molecule has 2 aliphatic rings. The number of hydrogen-bond acceptors (Lipinski definition) is 5. The Labute approximate surface area is 152 Å². The van der Waals surface area contributed by atoms with Crippen molar-refractivity contribution in [1.82, 2.24) is 0 Å². The van der Waals surface area contributed by atoms with Gasteiger partial charge in [-0.3, -0.25) is 4.79 Å². The molecule has 2 saturated heterocycles. The van der Waals surface area contributed by atoms with Crippen molar-refractivity contribution in [1.29, 1.82) is 0 Å². The number of anilines is 1. The number of ether oxygens (including phenoxy) is 1. The van der Waals surface area contributed by atoms with E-state index in [9.17, 15) is 13.2 Å². The monoisotopic (exact) mass is 382 g/mol. The summed E-state index contributed by atoms with van der Waals surface area (Å²) in [5, 5.41) is 0.475. The minimum Gasteiger partial charge on any atom is -0.492 e. The van der Waals surface area contributed by atoms with Crippen LogP contribution in [0.2, 0.25) is 0 Å². The number of thioether (sulfide) groups is 1. The van der Waals surface area contributed by atoms with Gasteiger partial charge in [0.2, 0.25) is 5.91 Å². The maximum absolute atomic E-state index is 12.1. The molecule has 2 heterocycles. The van der Waals surface area contributed by atoms with Crippen LogP contribution in [0.3, 0.4) is 0 Å². The number of carbonyl (C=O) groups is 1. The Bertz CT molecular complexity index is 792. The molecule has 0 N–H and O–H groups in total. The van der Waals surface area contributed by atoms with Crippen molar-refractivity contribution >= 4 is 38.4 Å². The van der Waals surface area contributed by atoms with E-state index in [0.29, 0.717) is 23.9 Å². The van der Waals surface area contributed by atoms with E-state index < -0.39 is 9.84 Å². The molecule has 136 valence electrons. The van der Waals surface area contributed by atoms with Crippen LogP contribution in [0.5, 0.6) is 5.75 Å². The molecule has 0 unspecified atom stereocenters. The Morgan fingerprint density at radius 3 is 2.80 bits per heavy atom. The largest absolute Gasteiger partial charge is 0.492 e. The Morgan fingerprint density at radius 1 is 1.32 bits per heavy atom. The summed E-state index contributed by atoms with van der Waals surface area (Å²) in [4.78, 5) is 18.2. The van der Waals surface area contributed by atoms with Gasteiger partial charge in [-0.1, -0.05) is 30.8 Å². The molecule has 0 aromatic heterocycles. The lowest BCUT2D eigenvalue weighted by Gasteiger charge is -2.26. The van der Waals surface area contributed by atoms with Crippen LogP contribution < -0.4 is 9.64 Å². The van der Waals surface area contributed by atoms with E-state index in [-0.39, 0.29) is 28.7 Å². The molecule has 25 heavy (non-hydrogen) atoms. The van der Waals surface area contributed by atoms with Crippen molar-refractivity contribution < 1.29 is 17.9 Å². The van der Waals surface area contributed by atoms with Crippen LogP contribution in [0.1, 0.15) is 26.7 Å². The SMILES string of the molecule is CCCC(=O)N=C1S[C@H]2CS(=O)(=O)C[C@H]2N1c1ccccc1OCC. The zero-order valence-electron chi connectivity index (χ0n) is 14.3. The third-order valence-electron chi connectivity index (χ3n) is 4.18. The molecular weight excluding hydrogens is 360 g/mol. The van der Waals surface area contributed by atoms with Gasteiger partial charge in [-0.05, 0) is 25.5 Å². The fourth-order valence-corrected chi connectivity index (χ4v) is 7.08. The van der Waals surface area contributed by atoms with Crippen LogP contribution in [0.15, 0.2) is 29.3 Å². The Morgan fingerprint density at radius 2 is 2.08 bits per heavy atom. The fraction of sp³-hybridized carbons (Fsp3) is 0.529.